The Labute approximate surface area is 62.2 Å². The van der Waals surface area contributed by atoms with Gasteiger partial charge >= 0.3 is 0 Å². The molecule has 0 amide bonds. The Balaban J connectivity index is 3.54. The first-order chi connectivity index (χ1) is 4.22. The molecule has 0 aromatic carbocycles. The molecule has 2 heteroatoms. The van der Waals surface area contributed by atoms with E-state index in [1.54, 1.807) is 0 Å². The second kappa shape index (κ2) is 4.74. The molecule has 0 saturated heterocycles. The van der Waals surface area contributed by atoms with E-state index in [4.69, 9.17) is 0 Å². The smallest absolute Gasteiger partial charge is 0.221 e. The highest BCUT2D eigenvalue weighted by Gasteiger charge is 2.11. The van der Waals surface area contributed by atoms with Crippen molar-refractivity contribution in [3.8, 4) is 0 Å². The molecule has 53 valence electrons. The van der Waals surface area contributed by atoms with Gasteiger partial charge in [-0.1, -0.05) is 20.3 Å². The molecule has 0 aliphatic heterocycles. The molecule has 9 heavy (non-hydrogen) atoms. The Kier molecular flexibility index (Phi) is 4.68. The van der Waals surface area contributed by atoms with Crippen molar-refractivity contribution in [1.82, 2.24) is 0 Å². The third-order valence-electron chi connectivity index (χ3n) is 1.46. The lowest BCUT2D eigenvalue weighted by atomic mass is 10.0. The van der Waals surface area contributed by atoms with E-state index >= 15 is 0 Å². The summed E-state index contributed by atoms with van der Waals surface area (Å²) in [6, 6.07) is 0. The summed E-state index contributed by atoms with van der Waals surface area (Å²) in [6.07, 6.45) is 2.91. The molecule has 1 radical (unpaired) electrons. The van der Waals surface area contributed by atoms with Gasteiger partial charge in [0.1, 0.15) is 0 Å². The Morgan fingerprint density at radius 1 is 1.56 bits per heavy atom. The summed E-state index contributed by atoms with van der Waals surface area (Å²) in [5.74, 6) is 0.144. The standard InChI is InChI=1S/C7H13OS/c1-3-5-6(4-2)7(8)9/h6H,3-5H2,1-2H3. The fourth-order valence-electron chi connectivity index (χ4n) is 0.837. The zero-order valence-corrected chi connectivity index (χ0v) is 6.83. The van der Waals surface area contributed by atoms with Crippen LogP contribution in [0.1, 0.15) is 33.1 Å². The van der Waals surface area contributed by atoms with E-state index in [0.717, 1.165) is 19.3 Å². The minimum Gasteiger partial charge on any atom is -0.282 e. The summed E-state index contributed by atoms with van der Waals surface area (Å²) in [5, 5.41) is -0.0700. The first kappa shape index (κ1) is 8.89. The molecule has 0 spiro atoms. The average Bonchev–Trinajstić information content (AvgIpc) is 1.82. The Bertz CT molecular complexity index is 90.9. The SMILES string of the molecule is CCCC(CC)C(=O)[S]. The fraction of sp³-hybridized carbons (Fsp3) is 0.857. The number of hydrogen-bond donors (Lipinski definition) is 0. The fourth-order valence-corrected chi connectivity index (χ4v) is 1.12. The first-order valence-electron chi connectivity index (χ1n) is 3.43. The van der Waals surface area contributed by atoms with Crippen molar-refractivity contribution in [1.29, 1.82) is 0 Å². The van der Waals surface area contributed by atoms with E-state index < -0.39 is 0 Å². The summed E-state index contributed by atoms with van der Waals surface area (Å²) in [5.41, 5.74) is 0. The van der Waals surface area contributed by atoms with Crippen LogP contribution in [-0.2, 0) is 4.79 Å². The summed E-state index contributed by atoms with van der Waals surface area (Å²) in [7, 11) is 0. The lowest BCUT2D eigenvalue weighted by Crippen LogP contribution is -2.06. The number of carbonyl (C=O) groups is 1. The second-order valence-electron chi connectivity index (χ2n) is 2.21. The van der Waals surface area contributed by atoms with Crippen LogP contribution in [0, 0.1) is 5.92 Å². The monoisotopic (exact) mass is 145 g/mol. The van der Waals surface area contributed by atoms with Crippen molar-refractivity contribution in [2.45, 2.75) is 33.1 Å². The van der Waals surface area contributed by atoms with Gasteiger partial charge in [-0.2, -0.15) is 0 Å². The molecule has 0 fully saturated rings. The van der Waals surface area contributed by atoms with Crippen LogP contribution in [0.15, 0.2) is 0 Å². The summed E-state index contributed by atoms with van der Waals surface area (Å²) in [6.45, 7) is 4.07. The van der Waals surface area contributed by atoms with E-state index in [0.29, 0.717) is 0 Å². The van der Waals surface area contributed by atoms with Crippen molar-refractivity contribution >= 4 is 17.7 Å². The average molecular weight is 145 g/mol. The van der Waals surface area contributed by atoms with Crippen LogP contribution in [0.3, 0.4) is 0 Å². The van der Waals surface area contributed by atoms with E-state index in [1.165, 1.54) is 0 Å². The Hall–Kier alpha value is -0.110. The second-order valence-corrected chi connectivity index (χ2v) is 2.62. The highest BCUT2D eigenvalue weighted by atomic mass is 32.1. The van der Waals surface area contributed by atoms with Crippen LogP contribution in [-0.4, -0.2) is 5.12 Å². The van der Waals surface area contributed by atoms with Gasteiger partial charge in [-0.3, -0.25) is 4.79 Å². The molecular formula is C7H13OS. The number of hydrogen-bond acceptors (Lipinski definition) is 1. The molecule has 0 bridgehead atoms. The summed E-state index contributed by atoms with van der Waals surface area (Å²) in [4.78, 5) is 10.6. The molecule has 0 heterocycles. The maximum atomic E-state index is 10.6. The van der Waals surface area contributed by atoms with Crippen molar-refractivity contribution in [2.24, 2.45) is 5.92 Å². The van der Waals surface area contributed by atoms with Gasteiger partial charge in [-0.05, 0) is 25.5 Å². The van der Waals surface area contributed by atoms with Crippen LogP contribution in [0.5, 0.6) is 0 Å². The maximum Gasteiger partial charge on any atom is 0.221 e. The van der Waals surface area contributed by atoms with Gasteiger partial charge in [-0.25, -0.2) is 0 Å². The molecule has 1 atom stereocenters. The van der Waals surface area contributed by atoms with Crippen LogP contribution in [0.25, 0.3) is 0 Å². The van der Waals surface area contributed by atoms with Gasteiger partial charge in [0.05, 0.1) is 0 Å². The quantitative estimate of drug-likeness (QED) is 0.594. The van der Waals surface area contributed by atoms with E-state index in [2.05, 4.69) is 19.6 Å². The van der Waals surface area contributed by atoms with Gasteiger partial charge in [0, 0.05) is 5.92 Å². The van der Waals surface area contributed by atoms with Crippen molar-refractivity contribution in [3.05, 3.63) is 0 Å². The van der Waals surface area contributed by atoms with E-state index in [9.17, 15) is 4.79 Å². The lowest BCUT2D eigenvalue weighted by molar-refractivity contribution is -0.114. The molecule has 0 aromatic heterocycles. The van der Waals surface area contributed by atoms with Gasteiger partial charge in [0.15, 0.2) is 0 Å². The van der Waals surface area contributed by atoms with Gasteiger partial charge in [0.2, 0.25) is 5.12 Å². The molecule has 0 aliphatic rings. The van der Waals surface area contributed by atoms with Gasteiger partial charge in [0.25, 0.3) is 0 Å². The van der Waals surface area contributed by atoms with Gasteiger partial charge < -0.3 is 0 Å². The first-order valence-corrected chi connectivity index (χ1v) is 3.84. The number of rotatable bonds is 4. The van der Waals surface area contributed by atoms with Crippen LogP contribution >= 0.6 is 12.6 Å². The molecule has 1 nitrogen and oxygen atoms in total. The highest BCUT2D eigenvalue weighted by Crippen LogP contribution is 2.12. The largest absolute Gasteiger partial charge is 0.282 e. The number of carbonyl (C=O) groups excluding carboxylic acids is 1. The third-order valence-corrected chi connectivity index (χ3v) is 1.80. The molecule has 1 unspecified atom stereocenters. The molecule has 0 aliphatic carbocycles. The predicted molar refractivity (Wildman–Crippen MR) is 41.3 cm³/mol. The minimum atomic E-state index is -0.0700. The van der Waals surface area contributed by atoms with Crippen LogP contribution in [0.2, 0.25) is 0 Å². The topological polar surface area (TPSA) is 17.1 Å². The molecule has 0 rings (SSSR count). The van der Waals surface area contributed by atoms with Crippen molar-refractivity contribution in [3.63, 3.8) is 0 Å². The van der Waals surface area contributed by atoms with Crippen molar-refractivity contribution in [2.75, 3.05) is 0 Å². The molecular weight excluding hydrogens is 132 g/mol. The Morgan fingerprint density at radius 2 is 2.11 bits per heavy atom. The lowest BCUT2D eigenvalue weighted by Gasteiger charge is -2.05. The van der Waals surface area contributed by atoms with Crippen molar-refractivity contribution < 1.29 is 4.79 Å². The highest BCUT2D eigenvalue weighted by molar-refractivity contribution is 7.96. The predicted octanol–water partition coefficient (Wildman–Crippen LogP) is 2.54. The Morgan fingerprint density at radius 3 is 2.22 bits per heavy atom. The minimum absolute atomic E-state index is 0.0700. The summed E-state index contributed by atoms with van der Waals surface area (Å²) < 4.78 is 0. The molecule has 0 N–H and O–H groups in total. The van der Waals surface area contributed by atoms with Gasteiger partial charge in [-0.15, -0.1) is 0 Å². The van der Waals surface area contributed by atoms with E-state index in [1.807, 2.05) is 6.92 Å². The normalized spacial score (nSPS) is 13.1. The molecule has 0 saturated carbocycles. The third kappa shape index (κ3) is 3.46. The zero-order valence-electron chi connectivity index (χ0n) is 6.02. The molecule has 0 aromatic rings. The van der Waals surface area contributed by atoms with E-state index in [-0.39, 0.29) is 11.0 Å². The van der Waals surface area contributed by atoms with Crippen LogP contribution < -0.4 is 0 Å². The zero-order chi connectivity index (χ0) is 7.28. The summed E-state index contributed by atoms with van der Waals surface area (Å²) >= 11 is 4.53. The maximum absolute atomic E-state index is 10.6. The van der Waals surface area contributed by atoms with Crippen LogP contribution in [0.4, 0.5) is 0 Å².